The zero-order valence-electron chi connectivity index (χ0n) is 14.9. The zero-order chi connectivity index (χ0) is 18.0. The summed E-state index contributed by atoms with van der Waals surface area (Å²) in [5.41, 5.74) is 4.15. The second kappa shape index (κ2) is 6.84. The van der Waals surface area contributed by atoms with E-state index in [9.17, 15) is 4.79 Å². The van der Waals surface area contributed by atoms with E-state index in [0.717, 1.165) is 23.5 Å². The maximum Gasteiger partial charge on any atom is 0.259 e. The van der Waals surface area contributed by atoms with Crippen molar-refractivity contribution in [3.05, 3.63) is 69.4 Å². The van der Waals surface area contributed by atoms with E-state index in [-0.39, 0.29) is 5.56 Å². The Labute approximate surface area is 146 Å². The fourth-order valence-corrected chi connectivity index (χ4v) is 2.69. The first-order valence-electron chi connectivity index (χ1n) is 8.25. The molecule has 0 aliphatic rings. The highest BCUT2D eigenvalue weighted by Gasteiger charge is 2.11. The molecule has 0 amide bonds. The standard InChI is InChI=1S/C19H21N5O/c1-5-15-6-8-16(9-7-15)24-17(25)11-14(4)22-19(24)23-18-20-12(2)10-13(3)21-18/h6-11H,5H2,1-4H3,(H,20,21,22,23). The minimum absolute atomic E-state index is 0.149. The van der Waals surface area contributed by atoms with Crippen molar-refractivity contribution < 1.29 is 0 Å². The summed E-state index contributed by atoms with van der Waals surface area (Å²) in [6.07, 6.45) is 0.947. The molecular formula is C19H21N5O. The molecule has 6 nitrogen and oxygen atoms in total. The van der Waals surface area contributed by atoms with E-state index < -0.39 is 0 Å². The van der Waals surface area contributed by atoms with Crippen LogP contribution in [0.3, 0.4) is 0 Å². The van der Waals surface area contributed by atoms with Crippen molar-refractivity contribution in [2.24, 2.45) is 0 Å². The normalized spacial score (nSPS) is 10.7. The number of hydrogen-bond acceptors (Lipinski definition) is 5. The number of anilines is 2. The maximum atomic E-state index is 12.6. The summed E-state index contributed by atoms with van der Waals surface area (Å²) in [7, 11) is 0. The van der Waals surface area contributed by atoms with Gasteiger partial charge in [0.15, 0.2) is 0 Å². The molecule has 128 valence electrons. The highest BCUT2D eigenvalue weighted by atomic mass is 16.1. The molecule has 0 aliphatic heterocycles. The van der Waals surface area contributed by atoms with Gasteiger partial charge in [-0.2, -0.15) is 0 Å². The molecule has 6 heteroatoms. The van der Waals surface area contributed by atoms with Crippen LogP contribution in [-0.4, -0.2) is 19.5 Å². The first-order valence-corrected chi connectivity index (χ1v) is 8.25. The number of aromatic nitrogens is 4. The first-order chi connectivity index (χ1) is 12.0. The molecule has 25 heavy (non-hydrogen) atoms. The van der Waals surface area contributed by atoms with Gasteiger partial charge in [0.2, 0.25) is 11.9 Å². The van der Waals surface area contributed by atoms with Crippen molar-refractivity contribution in [2.45, 2.75) is 34.1 Å². The quantitative estimate of drug-likeness (QED) is 0.792. The van der Waals surface area contributed by atoms with E-state index in [1.807, 2.05) is 44.2 Å². The van der Waals surface area contributed by atoms with Crippen LogP contribution in [0.15, 0.2) is 41.2 Å². The van der Waals surface area contributed by atoms with Crippen LogP contribution in [0.5, 0.6) is 0 Å². The van der Waals surface area contributed by atoms with Gasteiger partial charge in [-0.15, -0.1) is 0 Å². The SMILES string of the molecule is CCc1ccc(-n2c(Nc3nc(C)cc(C)n3)nc(C)cc2=O)cc1. The Hall–Kier alpha value is -3.02. The van der Waals surface area contributed by atoms with Crippen molar-refractivity contribution in [3.63, 3.8) is 0 Å². The topological polar surface area (TPSA) is 72.7 Å². The lowest BCUT2D eigenvalue weighted by Gasteiger charge is -2.14. The molecule has 0 bridgehead atoms. The zero-order valence-corrected chi connectivity index (χ0v) is 14.9. The molecule has 0 radical (unpaired) electrons. The lowest BCUT2D eigenvalue weighted by molar-refractivity contribution is 0.917. The highest BCUT2D eigenvalue weighted by molar-refractivity contribution is 5.50. The minimum atomic E-state index is -0.149. The van der Waals surface area contributed by atoms with Crippen LogP contribution in [0.25, 0.3) is 5.69 Å². The minimum Gasteiger partial charge on any atom is -0.294 e. The molecule has 0 saturated carbocycles. The fourth-order valence-electron chi connectivity index (χ4n) is 2.69. The van der Waals surface area contributed by atoms with Gasteiger partial charge in [-0.25, -0.2) is 19.5 Å². The maximum absolute atomic E-state index is 12.6. The van der Waals surface area contributed by atoms with E-state index in [4.69, 9.17) is 0 Å². The number of nitrogens with one attached hydrogen (secondary N) is 1. The molecule has 0 saturated heterocycles. The average Bonchev–Trinajstić information content (AvgIpc) is 2.53. The van der Waals surface area contributed by atoms with Gasteiger partial charge in [-0.05, 0) is 51.0 Å². The molecule has 0 aliphatic carbocycles. The van der Waals surface area contributed by atoms with E-state index in [1.165, 1.54) is 16.2 Å². The Balaban J connectivity index is 2.10. The smallest absolute Gasteiger partial charge is 0.259 e. The van der Waals surface area contributed by atoms with Gasteiger partial charge in [-0.3, -0.25) is 10.1 Å². The Kier molecular flexibility index (Phi) is 4.61. The molecule has 2 heterocycles. The number of aryl methyl sites for hydroxylation is 4. The van der Waals surface area contributed by atoms with Crippen molar-refractivity contribution in [3.8, 4) is 5.69 Å². The van der Waals surface area contributed by atoms with Gasteiger partial charge in [0.05, 0.1) is 5.69 Å². The molecule has 0 spiro atoms. The van der Waals surface area contributed by atoms with Gasteiger partial charge >= 0.3 is 0 Å². The largest absolute Gasteiger partial charge is 0.294 e. The molecule has 3 aromatic rings. The molecule has 0 fully saturated rings. The van der Waals surface area contributed by atoms with Crippen LogP contribution in [0, 0.1) is 20.8 Å². The van der Waals surface area contributed by atoms with E-state index in [0.29, 0.717) is 17.6 Å². The van der Waals surface area contributed by atoms with Crippen LogP contribution in [-0.2, 0) is 6.42 Å². The summed E-state index contributed by atoms with van der Waals surface area (Å²) >= 11 is 0. The first kappa shape index (κ1) is 16.8. The highest BCUT2D eigenvalue weighted by Crippen LogP contribution is 2.16. The van der Waals surface area contributed by atoms with Crippen molar-refractivity contribution >= 4 is 11.9 Å². The number of nitrogens with zero attached hydrogens (tertiary/aromatic N) is 4. The second-order valence-electron chi connectivity index (χ2n) is 6.01. The lowest BCUT2D eigenvalue weighted by atomic mass is 10.1. The van der Waals surface area contributed by atoms with Gasteiger partial charge in [0, 0.05) is 23.1 Å². The molecule has 3 rings (SSSR count). The predicted molar refractivity (Wildman–Crippen MR) is 98.7 cm³/mol. The molecule has 1 aromatic carbocycles. The third-order valence-electron chi connectivity index (χ3n) is 3.86. The van der Waals surface area contributed by atoms with E-state index in [1.54, 1.807) is 6.92 Å². The average molecular weight is 335 g/mol. The Bertz CT molecular complexity index is 940. The molecule has 1 N–H and O–H groups in total. The van der Waals surface area contributed by atoms with Crippen molar-refractivity contribution in [1.29, 1.82) is 0 Å². The Morgan fingerprint density at radius 3 is 2.12 bits per heavy atom. The summed E-state index contributed by atoms with van der Waals surface area (Å²) in [4.78, 5) is 25.8. The molecule has 0 atom stereocenters. The van der Waals surface area contributed by atoms with E-state index in [2.05, 4.69) is 27.2 Å². The number of hydrogen-bond donors (Lipinski definition) is 1. The second-order valence-corrected chi connectivity index (χ2v) is 6.01. The Morgan fingerprint density at radius 1 is 0.920 bits per heavy atom. The van der Waals surface area contributed by atoms with Gasteiger partial charge in [0.25, 0.3) is 5.56 Å². The summed E-state index contributed by atoms with van der Waals surface area (Å²) in [6.45, 7) is 7.69. The lowest BCUT2D eigenvalue weighted by Crippen LogP contribution is -2.23. The summed E-state index contributed by atoms with van der Waals surface area (Å²) < 4.78 is 1.54. The summed E-state index contributed by atoms with van der Waals surface area (Å²) in [5, 5.41) is 3.09. The monoisotopic (exact) mass is 335 g/mol. The van der Waals surface area contributed by atoms with Crippen LogP contribution >= 0.6 is 0 Å². The third-order valence-corrected chi connectivity index (χ3v) is 3.86. The van der Waals surface area contributed by atoms with Crippen molar-refractivity contribution in [1.82, 2.24) is 19.5 Å². The van der Waals surface area contributed by atoms with Crippen LogP contribution < -0.4 is 10.9 Å². The molecule has 2 aromatic heterocycles. The van der Waals surface area contributed by atoms with Crippen LogP contribution in [0.4, 0.5) is 11.9 Å². The fraction of sp³-hybridized carbons (Fsp3) is 0.263. The van der Waals surface area contributed by atoms with E-state index >= 15 is 0 Å². The molecular weight excluding hydrogens is 314 g/mol. The van der Waals surface area contributed by atoms with Crippen LogP contribution in [0.1, 0.15) is 29.6 Å². The summed E-state index contributed by atoms with van der Waals surface area (Å²) in [5.74, 6) is 0.827. The van der Waals surface area contributed by atoms with Crippen LogP contribution in [0.2, 0.25) is 0 Å². The Morgan fingerprint density at radius 2 is 1.52 bits per heavy atom. The molecule has 0 unspecified atom stereocenters. The van der Waals surface area contributed by atoms with Crippen molar-refractivity contribution in [2.75, 3.05) is 5.32 Å². The summed E-state index contributed by atoms with van der Waals surface area (Å²) in [6, 6.07) is 11.3. The van der Waals surface area contributed by atoms with Gasteiger partial charge in [0.1, 0.15) is 0 Å². The number of rotatable bonds is 4. The predicted octanol–water partition coefficient (Wildman–Crippen LogP) is 3.25. The van der Waals surface area contributed by atoms with Gasteiger partial charge < -0.3 is 0 Å². The third kappa shape index (κ3) is 3.74. The number of benzene rings is 1. The van der Waals surface area contributed by atoms with Gasteiger partial charge in [-0.1, -0.05) is 19.1 Å².